The summed E-state index contributed by atoms with van der Waals surface area (Å²) in [6.07, 6.45) is 1.13. The van der Waals surface area contributed by atoms with E-state index < -0.39 is 0 Å². The summed E-state index contributed by atoms with van der Waals surface area (Å²) in [4.78, 5) is 15.0. The number of nitrogens with zero attached hydrogens (tertiary/aromatic N) is 3. The van der Waals surface area contributed by atoms with Gasteiger partial charge in [0.15, 0.2) is 0 Å². The first-order valence-electron chi connectivity index (χ1n) is 6.79. The highest BCUT2D eigenvalue weighted by Crippen LogP contribution is 2.30. The molecule has 0 aliphatic carbocycles. The molecule has 1 heterocycles. The number of nitro groups is 1. The van der Waals surface area contributed by atoms with Crippen LogP contribution in [0, 0.1) is 16.0 Å². The molecule has 0 aromatic heterocycles. The zero-order chi connectivity index (χ0) is 14.7. The Hall–Kier alpha value is -1.66. The highest BCUT2D eigenvalue weighted by Gasteiger charge is 2.24. The van der Waals surface area contributed by atoms with Gasteiger partial charge < -0.3 is 14.9 Å². The molecule has 0 spiro atoms. The molecule has 0 amide bonds. The molecule has 20 heavy (non-hydrogen) atoms. The molecule has 1 unspecified atom stereocenters. The molecule has 1 aliphatic heterocycles. The molecule has 1 aliphatic rings. The molecule has 2 rings (SSSR count). The van der Waals surface area contributed by atoms with E-state index in [0.29, 0.717) is 17.2 Å². The molecule has 1 saturated heterocycles. The molecular weight excluding hydrogens is 258 g/mol. The average molecular weight is 279 g/mol. The minimum atomic E-state index is -0.383. The lowest BCUT2D eigenvalue weighted by Gasteiger charge is -2.23. The molecule has 1 aromatic rings. The Morgan fingerprint density at radius 3 is 2.85 bits per heavy atom. The number of anilines is 1. The zero-order valence-electron chi connectivity index (χ0n) is 12.0. The maximum absolute atomic E-state index is 11.2. The highest BCUT2D eigenvalue weighted by molar-refractivity contribution is 5.64. The normalized spacial score (nSPS) is 19.2. The van der Waals surface area contributed by atoms with E-state index in [2.05, 4.69) is 11.9 Å². The van der Waals surface area contributed by atoms with E-state index in [1.165, 1.54) is 6.07 Å². The Bertz CT molecular complexity index is 493. The van der Waals surface area contributed by atoms with E-state index in [1.54, 1.807) is 12.1 Å². The van der Waals surface area contributed by atoms with Gasteiger partial charge in [-0.25, -0.2) is 0 Å². The quantitative estimate of drug-likeness (QED) is 0.653. The number of hydrogen-bond acceptors (Lipinski definition) is 5. The van der Waals surface area contributed by atoms with Crippen molar-refractivity contribution >= 4 is 11.4 Å². The van der Waals surface area contributed by atoms with Gasteiger partial charge in [0, 0.05) is 26.2 Å². The van der Waals surface area contributed by atoms with Crippen molar-refractivity contribution in [1.82, 2.24) is 4.90 Å². The number of aliphatic hydroxyl groups is 1. The molecule has 110 valence electrons. The van der Waals surface area contributed by atoms with Gasteiger partial charge in [-0.2, -0.15) is 0 Å². The predicted octanol–water partition coefficient (Wildman–Crippen LogP) is 1.47. The standard InChI is InChI=1S/C14H21N3O3/c1-15-6-5-12(8-15)9-16(2)13-4-3-11(10-18)7-14(13)17(19)20/h3-4,7,12,18H,5-6,8-10H2,1-2H3. The lowest BCUT2D eigenvalue weighted by Crippen LogP contribution is -2.27. The monoisotopic (exact) mass is 279 g/mol. The summed E-state index contributed by atoms with van der Waals surface area (Å²) in [5.41, 5.74) is 1.24. The van der Waals surface area contributed by atoms with Crippen molar-refractivity contribution < 1.29 is 10.0 Å². The zero-order valence-corrected chi connectivity index (χ0v) is 12.0. The Kier molecular flexibility index (Phi) is 4.57. The van der Waals surface area contributed by atoms with Crippen LogP contribution in [-0.2, 0) is 6.61 Å². The lowest BCUT2D eigenvalue weighted by molar-refractivity contribution is -0.384. The number of benzene rings is 1. The first-order valence-corrected chi connectivity index (χ1v) is 6.79. The molecule has 1 fully saturated rings. The van der Waals surface area contributed by atoms with Crippen LogP contribution in [0.5, 0.6) is 0 Å². The minimum absolute atomic E-state index is 0.0606. The fraction of sp³-hybridized carbons (Fsp3) is 0.571. The van der Waals surface area contributed by atoms with E-state index in [0.717, 1.165) is 26.1 Å². The smallest absolute Gasteiger partial charge is 0.292 e. The predicted molar refractivity (Wildman–Crippen MR) is 77.9 cm³/mol. The SMILES string of the molecule is CN1CCC(CN(C)c2ccc(CO)cc2[N+](=O)[O-])C1. The van der Waals surface area contributed by atoms with Crippen molar-refractivity contribution in [2.24, 2.45) is 5.92 Å². The highest BCUT2D eigenvalue weighted by atomic mass is 16.6. The maximum atomic E-state index is 11.2. The maximum Gasteiger partial charge on any atom is 0.292 e. The van der Waals surface area contributed by atoms with Gasteiger partial charge in [0.25, 0.3) is 5.69 Å². The van der Waals surface area contributed by atoms with Gasteiger partial charge in [0.1, 0.15) is 5.69 Å². The number of rotatable bonds is 5. The first-order chi connectivity index (χ1) is 9.51. The molecule has 0 bridgehead atoms. The minimum Gasteiger partial charge on any atom is -0.392 e. The van der Waals surface area contributed by atoms with Gasteiger partial charge in [-0.05, 0) is 37.6 Å². The van der Waals surface area contributed by atoms with Crippen LogP contribution in [0.25, 0.3) is 0 Å². The van der Waals surface area contributed by atoms with E-state index >= 15 is 0 Å². The summed E-state index contributed by atoms with van der Waals surface area (Å²) in [6.45, 7) is 2.75. The number of likely N-dealkylation sites (tertiary alicyclic amines) is 1. The van der Waals surface area contributed by atoms with Gasteiger partial charge in [0.05, 0.1) is 11.5 Å². The van der Waals surface area contributed by atoms with Crippen LogP contribution < -0.4 is 4.90 Å². The number of hydrogen-bond donors (Lipinski definition) is 1. The third kappa shape index (κ3) is 3.26. The van der Waals surface area contributed by atoms with Gasteiger partial charge >= 0.3 is 0 Å². The lowest BCUT2D eigenvalue weighted by atomic mass is 10.1. The first kappa shape index (κ1) is 14.7. The van der Waals surface area contributed by atoms with E-state index in [-0.39, 0.29) is 17.2 Å². The van der Waals surface area contributed by atoms with Gasteiger partial charge in [-0.1, -0.05) is 6.07 Å². The van der Waals surface area contributed by atoms with Crippen LogP contribution in [0.2, 0.25) is 0 Å². The van der Waals surface area contributed by atoms with E-state index in [1.807, 2.05) is 11.9 Å². The van der Waals surface area contributed by atoms with Crippen molar-refractivity contribution in [2.75, 3.05) is 38.6 Å². The van der Waals surface area contributed by atoms with Gasteiger partial charge in [-0.3, -0.25) is 10.1 Å². The molecule has 0 saturated carbocycles. The third-order valence-electron chi connectivity index (χ3n) is 3.85. The van der Waals surface area contributed by atoms with Gasteiger partial charge in [-0.15, -0.1) is 0 Å². The molecule has 6 nitrogen and oxygen atoms in total. The van der Waals surface area contributed by atoms with Crippen LogP contribution >= 0.6 is 0 Å². The van der Waals surface area contributed by atoms with E-state index in [4.69, 9.17) is 5.11 Å². The van der Waals surface area contributed by atoms with Crippen molar-refractivity contribution in [3.05, 3.63) is 33.9 Å². The molecule has 1 aromatic carbocycles. The Labute approximate surface area is 118 Å². The Morgan fingerprint density at radius 1 is 1.55 bits per heavy atom. The average Bonchev–Trinajstić information content (AvgIpc) is 2.83. The second kappa shape index (κ2) is 6.19. The topological polar surface area (TPSA) is 69.8 Å². The summed E-state index contributed by atoms with van der Waals surface area (Å²) in [7, 11) is 3.98. The number of nitro benzene ring substituents is 1. The molecule has 1 atom stereocenters. The van der Waals surface area contributed by atoms with Crippen LogP contribution in [0.15, 0.2) is 18.2 Å². The summed E-state index contributed by atoms with van der Waals surface area (Å²) in [5, 5.41) is 20.3. The van der Waals surface area contributed by atoms with Crippen molar-refractivity contribution in [3.63, 3.8) is 0 Å². The third-order valence-corrected chi connectivity index (χ3v) is 3.85. The van der Waals surface area contributed by atoms with Crippen LogP contribution in [0.3, 0.4) is 0 Å². The van der Waals surface area contributed by atoms with Gasteiger partial charge in [0.2, 0.25) is 0 Å². The van der Waals surface area contributed by atoms with Crippen molar-refractivity contribution in [1.29, 1.82) is 0 Å². The van der Waals surface area contributed by atoms with Crippen LogP contribution in [-0.4, -0.2) is 48.7 Å². The Morgan fingerprint density at radius 2 is 2.30 bits per heavy atom. The van der Waals surface area contributed by atoms with E-state index in [9.17, 15) is 10.1 Å². The fourth-order valence-corrected chi connectivity index (χ4v) is 2.80. The fourth-order valence-electron chi connectivity index (χ4n) is 2.80. The molecule has 1 N–H and O–H groups in total. The molecule has 6 heteroatoms. The Balaban J connectivity index is 2.16. The number of aliphatic hydroxyl groups excluding tert-OH is 1. The molecular formula is C14H21N3O3. The summed E-state index contributed by atoms with van der Waals surface area (Å²) >= 11 is 0. The summed E-state index contributed by atoms with van der Waals surface area (Å²) < 4.78 is 0. The molecule has 0 radical (unpaired) electrons. The second-order valence-corrected chi connectivity index (χ2v) is 5.54. The second-order valence-electron chi connectivity index (χ2n) is 5.54. The van der Waals surface area contributed by atoms with Crippen molar-refractivity contribution in [2.45, 2.75) is 13.0 Å². The van der Waals surface area contributed by atoms with Crippen molar-refractivity contribution in [3.8, 4) is 0 Å². The largest absolute Gasteiger partial charge is 0.392 e. The van der Waals surface area contributed by atoms with Crippen LogP contribution in [0.4, 0.5) is 11.4 Å². The summed E-state index contributed by atoms with van der Waals surface area (Å²) in [6, 6.07) is 4.91. The van der Waals surface area contributed by atoms with Crippen LogP contribution in [0.1, 0.15) is 12.0 Å². The summed E-state index contributed by atoms with van der Waals surface area (Å²) in [5.74, 6) is 0.544.